The molecule has 1 saturated heterocycles. The lowest BCUT2D eigenvalue weighted by atomic mass is 9.96. The predicted molar refractivity (Wildman–Crippen MR) is 119 cm³/mol. The van der Waals surface area contributed by atoms with Crippen molar-refractivity contribution in [2.75, 3.05) is 46.8 Å². The van der Waals surface area contributed by atoms with Crippen LogP contribution in [0, 0.1) is 11.7 Å². The van der Waals surface area contributed by atoms with Crippen LogP contribution >= 0.6 is 0 Å². The van der Waals surface area contributed by atoms with Crippen molar-refractivity contribution in [2.24, 2.45) is 5.92 Å². The Kier molecular flexibility index (Phi) is 8.78. The Bertz CT molecular complexity index is 889. The SMILES string of the molecule is CN(C)CCN(CC(=O)OC(C)(C)C)C(=O)C1CCN(S(=O)(=O)c2ccc(F)cc2)CC1. The van der Waals surface area contributed by atoms with Crippen LogP contribution in [0.3, 0.4) is 0 Å². The van der Waals surface area contributed by atoms with Gasteiger partial charge in [-0.3, -0.25) is 9.59 Å². The second-order valence-corrected chi connectivity index (χ2v) is 11.2. The van der Waals surface area contributed by atoms with Crippen LogP contribution in [0.15, 0.2) is 29.2 Å². The molecule has 0 atom stereocenters. The van der Waals surface area contributed by atoms with Crippen molar-refractivity contribution in [1.82, 2.24) is 14.1 Å². The molecule has 0 saturated carbocycles. The Morgan fingerprint density at radius 3 is 2.16 bits per heavy atom. The van der Waals surface area contributed by atoms with Gasteiger partial charge in [-0.1, -0.05) is 0 Å². The van der Waals surface area contributed by atoms with E-state index in [1.165, 1.54) is 21.3 Å². The van der Waals surface area contributed by atoms with E-state index in [0.29, 0.717) is 25.9 Å². The topological polar surface area (TPSA) is 87.2 Å². The quantitative estimate of drug-likeness (QED) is 0.539. The van der Waals surface area contributed by atoms with Gasteiger partial charge in [0, 0.05) is 32.1 Å². The maximum absolute atomic E-state index is 13.2. The molecule has 32 heavy (non-hydrogen) atoms. The number of benzene rings is 1. The smallest absolute Gasteiger partial charge is 0.326 e. The normalized spacial score (nSPS) is 16.2. The highest BCUT2D eigenvalue weighted by Gasteiger charge is 2.34. The largest absolute Gasteiger partial charge is 0.459 e. The Morgan fingerprint density at radius 2 is 1.66 bits per heavy atom. The molecule has 0 unspecified atom stereocenters. The molecule has 1 heterocycles. The molecule has 0 aliphatic carbocycles. The van der Waals surface area contributed by atoms with Gasteiger partial charge in [-0.05, 0) is 72.0 Å². The van der Waals surface area contributed by atoms with E-state index >= 15 is 0 Å². The zero-order valence-corrected chi connectivity index (χ0v) is 20.3. The molecule has 0 aromatic heterocycles. The van der Waals surface area contributed by atoms with E-state index < -0.39 is 27.4 Å². The molecule has 0 radical (unpaired) electrons. The summed E-state index contributed by atoms with van der Waals surface area (Å²) in [5, 5.41) is 0. The van der Waals surface area contributed by atoms with Gasteiger partial charge < -0.3 is 14.5 Å². The number of likely N-dealkylation sites (N-methyl/N-ethyl adjacent to an activating group) is 1. The van der Waals surface area contributed by atoms with Crippen molar-refractivity contribution in [2.45, 2.75) is 44.1 Å². The molecule has 0 N–H and O–H groups in total. The summed E-state index contributed by atoms with van der Waals surface area (Å²) in [6.45, 7) is 6.51. The van der Waals surface area contributed by atoms with E-state index in [1.807, 2.05) is 19.0 Å². The Balaban J connectivity index is 2.04. The first-order chi connectivity index (χ1) is 14.8. The first-order valence-electron chi connectivity index (χ1n) is 10.7. The third-order valence-electron chi connectivity index (χ3n) is 5.12. The molecule has 1 fully saturated rings. The van der Waals surface area contributed by atoms with Gasteiger partial charge in [0.1, 0.15) is 18.0 Å². The van der Waals surface area contributed by atoms with Gasteiger partial charge in [-0.25, -0.2) is 12.8 Å². The molecule has 8 nitrogen and oxygen atoms in total. The van der Waals surface area contributed by atoms with Gasteiger partial charge in [0.25, 0.3) is 0 Å². The number of hydrogen-bond acceptors (Lipinski definition) is 6. The van der Waals surface area contributed by atoms with Gasteiger partial charge in [0.05, 0.1) is 4.90 Å². The van der Waals surface area contributed by atoms with Gasteiger partial charge in [-0.2, -0.15) is 4.31 Å². The number of rotatable bonds is 8. The number of piperidine rings is 1. The average molecular weight is 472 g/mol. The minimum absolute atomic E-state index is 0.0289. The summed E-state index contributed by atoms with van der Waals surface area (Å²) in [7, 11) is 0.0197. The minimum Gasteiger partial charge on any atom is -0.459 e. The van der Waals surface area contributed by atoms with Crippen LogP contribution in [0.2, 0.25) is 0 Å². The lowest BCUT2D eigenvalue weighted by Gasteiger charge is -2.34. The highest BCUT2D eigenvalue weighted by atomic mass is 32.2. The molecule has 0 bridgehead atoms. The number of ether oxygens (including phenoxy) is 1. The minimum atomic E-state index is -3.75. The van der Waals surface area contributed by atoms with Crippen molar-refractivity contribution in [3.05, 3.63) is 30.1 Å². The molecule has 1 aliphatic heterocycles. The van der Waals surface area contributed by atoms with Crippen molar-refractivity contribution < 1.29 is 27.1 Å². The molecule has 1 amide bonds. The fourth-order valence-corrected chi connectivity index (χ4v) is 4.94. The van der Waals surface area contributed by atoms with Crippen LogP contribution in [0.4, 0.5) is 4.39 Å². The number of amides is 1. The molecule has 1 aromatic rings. The Morgan fingerprint density at radius 1 is 1.09 bits per heavy atom. The molecule has 1 aromatic carbocycles. The number of sulfonamides is 1. The maximum atomic E-state index is 13.2. The molecule has 0 spiro atoms. The fraction of sp³-hybridized carbons (Fsp3) is 0.636. The van der Waals surface area contributed by atoms with Gasteiger partial charge >= 0.3 is 5.97 Å². The number of halogens is 1. The standard InChI is InChI=1S/C22H34FN3O5S/c1-22(2,3)31-20(27)16-25(15-14-24(4)5)21(28)17-10-12-26(13-11-17)32(29,30)19-8-6-18(23)7-9-19/h6-9,17H,10-16H2,1-5H3. The summed E-state index contributed by atoms with van der Waals surface area (Å²) < 4.78 is 45.4. The average Bonchev–Trinajstić information content (AvgIpc) is 2.69. The number of nitrogens with zero attached hydrogens (tertiary/aromatic N) is 3. The zero-order valence-electron chi connectivity index (χ0n) is 19.5. The van der Waals surface area contributed by atoms with Crippen LogP contribution in [-0.2, 0) is 24.3 Å². The number of esters is 1. The fourth-order valence-electron chi connectivity index (χ4n) is 3.47. The van der Waals surface area contributed by atoms with E-state index in [0.717, 1.165) is 12.1 Å². The number of carbonyl (C=O) groups excluding carboxylic acids is 2. The number of hydrogen-bond donors (Lipinski definition) is 0. The summed E-state index contributed by atoms with van der Waals surface area (Å²) >= 11 is 0. The molecular formula is C22H34FN3O5S. The summed E-state index contributed by atoms with van der Waals surface area (Å²) in [6.07, 6.45) is 0.706. The van der Waals surface area contributed by atoms with Crippen molar-refractivity contribution in [3.8, 4) is 0 Å². The van der Waals surface area contributed by atoms with Crippen molar-refractivity contribution in [1.29, 1.82) is 0 Å². The van der Waals surface area contributed by atoms with E-state index in [4.69, 9.17) is 4.74 Å². The van der Waals surface area contributed by atoms with Gasteiger partial charge in [-0.15, -0.1) is 0 Å². The first-order valence-corrected chi connectivity index (χ1v) is 12.1. The third-order valence-corrected chi connectivity index (χ3v) is 7.04. The lowest BCUT2D eigenvalue weighted by molar-refractivity contribution is -0.160. The van der Waals surface area contributed by atoms with E-state index in [9.17, 15) is 22.4 Å². The second kappa shape index (κ2) is 10.7. The molecule has 10 heteroatoms. The van der Waals surface area contributed by atoms with Gasteiger partial charge in [0.2, 0.25) is 15.9 Å². The summed E-state index contributed by atoms with van der Waals surface area (Å²) in [4.78, 5) is 28.9. The third kappa shape index (κ3) is 7.53. The molecular weight excluding hydrogens is 437 g/mol. The van der Waals surface area contributed by atoms with Crippen molar-refractivity contribution >= 4 is 21.9 Å². The van der Waals surface area contributed by atoms with Crippen LogP contribution < -0.4 is 0 Å². The van der Waals surface area contributed by atoms with Crippen LogP contribution in [0.1, 0.15) is 33.6 Å². The van der Waals surface area contributed by atoms with Crippen LogP contribution in [0.5, 0.6) is 0 Å². The summed E-state index contributed by atoms with van der Waals surface area (Å²) in [6, 6.07) is 4.71. The Hall–Kier alpha value is -2.04. The summed E-state index contributed by atoms with van der Waals surface area (Å²) in [5.74, 6) is -1.52. The maximum Gasteiger partial charge on any atom is 0.326 e. The van der Waals surface area contributed by atoms with E-state index in [2.05, 4.69) is 0 Å². The number of carbonyl (C=O) groups is 2. The van der Waals surface area contributed by atoms with Crippen LogP contribution in [0.25, 0.3) is 0 Å². The summed E-state index contributed by atoms with van der Waals surface area (Å²) in [5.41, 5.74) is -0.645. The lowest BCUT2D eigenvalue weighted by Crippen LogP contribution is -2.47. The highest BCUT2D eigenvalue weighted by Crippen LogP contribution is 2.25. The van der Waals surface area contributed by atoms with Crippen LogP contribution in [-0.4, -0.2) is 86.8 Å². The second-order valence-electron chi connectivity index (χ2n) is 9.28. The van der Waals surface area contributed by atoms with E-state index in [-0.39, 0.29) is 36.4 Å². The Labute approximate surface area is 190 Å². The molecule has 1 aliphatic rings. The zero-order chi connectivity index (χ0) is 24.1. The predicted octanol–water partition coefficient (Wildman–Crippen LogP) is 1.96. The molecule has 180 valence electrons. The highest BCUT2D eigenvalue weighted by molar-refractivity contribution is 7.89. The molecule has 2 rings (SSSR count). The first kappa shape index (κ1) is 26.2. The monoisotopic (exact) mass is 471 g/mol. The van der Waals surface area contributed by atoms with Gasteiger partial charge in [0.15, 0.2) is 0 Å². The van der Waals surface area contributed by atoms with E-state index in [1.54, 1.807) is 20.8 Å². The van der Waals surface area contributed by atoms with Crippen molar-refractivity contribution in [3.63, 3.8) is 0 Å².